The number of aliphatic hydroxyl groups is 1. The van der Waals surface area contributed by atoms with Gasteiger partial charge in [0.25, 0.3) is 0 Å². The number of nitrogens with one attached hydrogen (secondary N) is 2. The number of halogens is 1. The van der Waals surface area contributed by atoms with E-state index < -0.39 is 6.10 Å². The van der Waals surface area contributed by atoms with Gasteiger partial charge in [-0.3, -0.25) is 0 Å². The highest BCUT2D eigenvalue weighted by Gasteiger charge is 2.10. The van der Waals surface area contributed by atoms with Gasteiger partial charge in [-0.05, 0) is 36.2 Å². The average Bonchev–Trinajstić information content (AvgIpc) is 2.59. The van der Waals surface area contributed by atoms with E-state index in [1.807, 2.05) is 25.1 Å². The summed E-state index contributed by atoms with van der Waals surface area (Å²) >= 11 is 5.81. The highest BCUT2D eigenvalue weighted by Crippen LogP contribution is 2.19. The van der Waals surface area contributed by atoms with E-state index in [0.717, 1.165) is 16.9 Å². The van der Waals surface area contributed by atoms with Crippen LogP contribution >= 0.6 is 11.6 Å². The lowest BCUT2D eigenvalue weighted by atomic mass is 10.1. The van der Waals surface area contributed by atoms with Gasteiger partial charge in [0.15, 0.2) is 0 Å². The van der Waals surface area contributed by atoms with Gasteiger partial charge >= 0.3 is 6.03 Å². The molecule has 0 aliphatic rings. The van der Waals surface area contributed by atoms with Crippen LogP contribution in [0.5, 0.6) is 5.75 Å². The molecule has 0 heterocycles. The molecule has 6 heteroatoms. The maximum absolute atomic E-state index is 11.9. The van der Waals surface area contributed by atoms with Crippen LogP contribution in [0.1, 0.15) is 22.8 Å². The second-order valence-electron chi connectivity index (χ2n) is 5.45. The van der Waals surface area contributed by atoms with Crippen LogP contribution in [0.4, 0.5) is 4.79 Å². The Morgan fingerprint density at radius 2 is 1.92 bits per heavy atom. The minimum absolute atomic E-state index is 0.110. The number of aryl methyl sites for hydroxylation is 1. The third-order valence-corrected chi connectivity index (χ3v) is 3.84. The first-order chi connectivity index (χ1) is 11.5. The molecule has 2 rings (SSSR count). The van der Waals surface area contributed by atoms with E-state index in [0.29, 0.717) is 17.1 Å². The zero-order valence-electron chi connectivity index (χ0n) is 13.7. The summed E-state index contributed by atoms with van der Waals surface area (Å²) < 4.78 is 5.30. The normalized spacial score (nSPS) is 11.7. The number of ether oxygens (including phenoxy) is 1. The van der Waals surface area contributed by atoms with Crippen molar-refractivity contribution in [3.8, 4) is 5.75 Å². The molecule has 0 spiro atoms. The summed E-state index contributed by atoms with van der Waals surface area (Å²) in [4.78, 5) is 11.9. The van der Waals surface area contributed by atoms with Gasteiger partial charge in [0.1, 0.15) is 5.75 Å². The largest absolute Gasteiger partial charge is 0.496 e. The van der Waals surface area contributed by atoms with Crippen molar-refractivity contribution in [1.82, 2.24) is 10.6 Å². The molecule has 5 nitrogen and oxygen atoms in total. The number of aliphatic hydroxyl groups excluding tert-OH is 1. The van der Waals surface area contributed by atoms with Gasteiger partial charge < -0.3 is 20.5 Å². The Bertz CT molecular complexity index is 689. The van der Waals surface area contributed by atoms with Gasteiger partial charge in [-0.25, -0.2) is 4.79 Å². The van der Waals surface area contributed by atoms with Crippen LogP contribution in [0.15, 0.2) is 42.5 Å². The minimum Gasteiger partial charge on any atom is -0.496 e. The smallest absolute Gasteiger partial charge is 0.315 e. The summed E-state index contributed by atoms with van der Waals surface area (Å²) in [5.41, 5.74) is 2.67. The summed E-state index contributed by atoms with van der Waals surface area (Å²) in [5, 5.41) is 16.0. The standard InChI is InChI=1S/C18H21ClN2O3/c1-12-3-4-14(17(9-12)24-2)10-20-18(23)21-11-16(22)13-5-7-15(19)8-6-13/h3-9,16,22H,10-11H2,1-2H3,(H2,20,21,23). The Hall–Kier alpha value is -2.24. The van der Waals surface area contributed by atoms with Crippen LogP contribution < -0.4 is 15.4 Å². The molecule has 0 aromatic heterocycles. The Morgan fingerprint density at radius 1 is 1.21 bits per heavy atom. The summed E-state index contributed by atoms with van der Waals surface area (Å²) in [7, 11) is 1.60. The molecule has 0 bridgehead atoms. The van der Waals surface area contributed by atoms with E-state index >= 15 is 0 Å². The van der Waals surface area contributed by atoms with Crippen molar-refractivity contribution in [2.24, 2.45) is 0 Å². The number of methoxy groups -OCH3 is 1. The van der Waals surface area contributed by atoms with Gasteiger partial charge in [0.2, 0.25) is 0 Å². The number of rotatable bonds is 6. The fourth-order valence-corrected chi connectivity index (χ4v) is 2.35. The quantitative estimate of drug-likeness (QED) is 0.750. The number of amides is 2. The predicted octanol–water partition coefficient (Wildman–Crippen LogP) is 3.19. The van der Waals surface area contributed by atoms with Crippen LogP contribution in [0.2, 0.25) is 5.02 Å². The molecule has 1 atom stereocenters. The van der Waals surface area contributed by atoms with Crippen LogP contribution in [-0.2, 0) is 6.54 Å². The highest BCUT2D eigenvalue weighted by molar-refractivity contribution is 6.30. The Balaban J connectivity index is 1.82. The first kappa shape index (κ1) is 18.1. The number of carbonyl (C=O) groups is 1. The van der Waals surface area contributed by atoms with Crippen molar-refractivity contribution >= 4 is 17.6 Å². The zero-order valence-corrected chi connectivity index (χ0v) is 14.4. The molecule has 2 amide bonds. The van der Waals surface area contributed by atoms with Crippen molar-refractivity contribution in [3.05, 3.63) is 64.2 Å². The molecule has 1 unspecified atom stereocenters. The lowest BCUT2D eigenvalue weighted by molar-refractivity contribution is 0.173. The fraction of sp³-hybridized carbons (Fsp3) is 0.278. The third kappa shape index (κ3) is 5.15. The maximum atomic E-state index is 11.9. The highest BCUT2D eigenvalue weighted by atomic mass is 35.5. The van der Waals surface area contributed by atoms with Crippen molar-refractivity contribution in [1.29, 1.82) is 0 Å². The lowest BCUT2D eigenvalue weighted by Gasteiger charge is -2.14. The first-order valence-corrected chi connectivity index (χ1v) is 7.96. The van der Waals surface area contributed by atoms with Gasteiger partial charge in [-0.1, -0.05) is 35.9 Å². The van der Waals surface area contributed by atoms with E-state index in [9.17, 15) is 9.90 Å². The van der Waals surface area contributed by atoms with Crippen LogP contribution in [-0.4, -0.2) is 24.8 Å². The number of urea groups is 1. The number of benzene rings is 2. The molecule has 0 aliphatic carbocycles. The summed E-state index contributed by atoms with van der Waals surface area (Å²) in [6.07, 6.45) is -0.790. The Morgan fingerprint density at radius 3 is 2.58 bits per heavy atom. The molecular formula is C18H21ClN2O3. The van der Waals surface area contributed by atoms with E-state index in [-0.39, 0.29) is 12.6 Å². The van der Waals surface area contributed by atoms with Gasteiger partial charge in [-0.2, -0.15) is 0 Å². The van der Waals surface area contributed by atoms with Gasteiger partial charge in [0.05, 0.1) is 13.2 Å². The van der Waals surface area contributed by atoms with Gasteiger partial charge in [-0.15, -0.1) is 0 Å². The molecule has 3 N–H and O–H groups in total. The molecule has 0 radical (unpaired) electrons. The lowest BCUT2D eigenvalue weighted by Crippen LogP contribution is -2.37. The average molecular weight is 349 g/mol. The van der Waals surface area contributed by atoms with Crippen molar-refractivity contribution in [2.45, 2.75) is 19.6 Å². The second-order valence-corrected chi connectivity index (χ2v) is 5.88. The van der Waals surface area contributed by atoms with E-state index in [1.165, 1.54) is 0 Å². The second kappa shape index (κ2) is 8.57. The van der Waals surface area contributed by atoms with Crippen LogP contribution in [0.25, 0.3) is 0 Å². The monoisotopic (exact) mass is 348 g/mol. The molecule has 0 saturated heterocycles. The maximum Gasteiger partial charge on any atom is 0.315 e. The predicted molar refractivity (Wildman–Crippen MR) is 94.4 cm³/mol. The summed E-state index contributed by atoms with van der Waals surface area (Å²) in [5.74, 6) is 0.733. The summed E-state index contributed by atoms with van der Waals surface area (Å²) in [6, 6.07) is 12.3. The van der Waals surface area contributed by atoms with Crippen molar-refractivity contribution in [3.63, 3.8) is 0 Å². The SMILES string of the molecule is COc1cc(C)ccc1CNC(=O)NCC(O)c1ccc(Cl)cc1. The minimum atomic E-state index is -0.790. The fourth-order valence-electron chi connectivity index (χ4n) is 2.23. The topological polar surface area (TPSA) is 70.6 Å². The molecule has 2 aromatic carbocycles. The summed E-state index contributed by atoms with van der Waals surface area (Å²) in [6.45, 7) is 2.43. The first-order valence-electron chi connectivity index (χ1n) is 7.58. The molecule has 0 aliphatic heterocycles. The van der Waals surface area contributed by atoms with E-state index in [4.69, 9.17) is 16.3 Å². The third-order valence-electron chi connectivity index (χ3n) is 3.59. The molecular weight excluding hydrogens is 328 g/mol. The Kier molecular flexibility index (Phi) is 6.46. The molecule has 0 saturated carbocycles. The number of hydrogen-bond donors (Lipinski definition) is 3. The molecule has 0 fully saturated rings. The number of hydrogen-bond acceptors (Lipinski definition) is 3. The van der Waals surface area contributed by atoms with Crippen LogP contribution in [0, 0.1) is 6.92 Å². The molecule has 2 aromatic rings. The van der Waals surface area contributed by atoms with E-state index in [1.54, 1.807) is 31.4 Å². The van der Waals surface area contributed by atoms with Crippen molar-refractivity contribution < 1.29 is 14.6 Å². The van der Waals surface area contributed by atoms with Crippen LogP contribution in [0.3, 0.4) is 0 Å². The number of carbonyl (C=O) groups excluding carboxylic acids is 1. The van der Waals surface area contributed by atoms with Crippen molar-refractivity contribution in [2.75, 3.05) is 13.7 Å². The molecule has 24 heavy (non-hydrogen) atoms. The van der Waals surface area contributed by atoms with Gasteiger partial charge in [0, 0.05) is 23.7 Å². The van der Waals surface area contributed by atoms with E-state index in [2.05, 4.69) is 10.6 Å². The Labute approximate surface area is 146 Å². The molecule has 128 valence electrons. The zero-order chi connectivity index (χ0) is 17.5.